The molecule has 1 aliphatic carbocycles. The number of nitrogens with one attached hydrogen (secondary N) is 1. The molecule has 0 bridgehead atoms. The van der Waals surface area contributed by atoms with Crippen LogP contribution in [0.4, 0.5) is 0 Å². The fourth-order valence-corrected chi connectivity index (χ4v) is 4.37. The van der Waals surface area contributed by atoms with Crippen molar-refractivity contribution in [2.45, 2.75) is 44.4 Å². The molecular formula is C18H26BrNO3S. The van der Waals surface area contributed by atoms with Crippen LogP contribution >= 0.6 is 27.7 Å². The number of hydrogen-bond acceptors (Lipinski definition) is 4. The maximum absolute atomic E-state index is 12.2. The molecule has 0 unspecified atom stereocenters. The molecule has 1 aromatic rings. The third-order valence-electron chi connectivity index (χ3n) is 4.50. The first-order valence-electron chi connectivity index (χ1n) is 8.32. The van der Waals surface area contributed by atoms with Crippen LogP contribution in [0.1, 0.15) is 38.2 Å². The summed E-state index contributed by atoms with van der Waals surface area (Å²) in [5, 5.41) is 3.19. The number of hydrogen-bond donors (Lipinski definition) is 1. The van der Waals surface area contributed by atoms with E-state index in [1.807, 2.05) is 12.1 Å². The van der Waals surface area contributed by atoms with Crippen molar-refractivity contribution in [1.29, 1.82) is 0 Å². The van der Waals surface area contributed by atoms with Crippen molar-refractivity contribution in [3.05, 3.63) is 22.2 Å². The first kappa shape index (κ1) is 19.4. The zero-order valence-corrected chi connectivity index (χ0v) is 17.0. The second-order valence-electron chi connectivity index (χ2n) is 6.23. The van der Waals surface area contributed by atoms with Gasteiger partial charge < -0.3 is 14.8 Å². The Balaban J connectivity index is 1.86. The van der Waals surface area contributed by atoms with Crippen LogP contribution in [-0.4, -0.2) is 31.9 Å². The molecule has 1 fully saturated rings. The molecule has 2 rings (SSSR count). The van der Waals surface area contributed by atoms with Crippen molar-refractivity contribution in [2.75, 3.05) is 20.0 Å². The van der Waals surface area contributed by atoms with Crippen LogP contribution in [0.15, 0.2) is 16.6 Å². The molecule has 0 spiro atoms. The van der Waals surface area contributed by atoms with Gasteiger partial charge in [0.05, 0.1) is 24.4 Å². The van der Waals surface area contributed by atoms with Crippen molar-refractivity contribution in [3.8, 4) is 11.5 Å². The second kappa shape index (κ2) is 9.56. The third kappa shape index (κ3) is 5.31. The smallest absolute Gasteiger partial charge is 0.230 e. The fraction of sp³-hybridized carbons (Fsp3) is 0.611. The standard InChI is InChI=1S/C18H26BrNO3S/c1-12-6-4-5-7-15(12)20-18(21)11-24-10-13-8-17(23-3)14(19)9-16(13)22-2/h8-9,12,15H,4-7,10-11H2,1-3H3,(H,20,21)/t12-,15+/m0/s1. The van der Waals surface area contributed by atoms with Gasteiger partial charge in [-0.3, -0.25) is 4.79 Å². The number of thioether (sulfide) groups is 1. The molecule has 0 radical (unpaired) electrons. The number of amides is 1. The average molecular weight is 416 g/mol. The van der Waals surface area contributed by atoms with Crippen molar-refractivity contribution >= 4 is 33.6 Å². The number of carbonyl (C=O) groups is 1. The molecule has 134 valence electrons. The van der Waals surface area contributed by atoms with Gasteiger partial charge in [-0.05, 0) is 46.8 Å². The summed E-state index contributed by atoms with van der Waals surface area (Å²) in [6.07, 6.45) is 4.83. The van der Waals surface area contributed by atoms with E-state index < -0.39 is 0 Å². The molecule has 0 aromatic heterocycles. The van der Waals surface area contributed by atoms with Gasteiger partial charge in [0, 0.05) is 17.4 Å². The van der Waals surface area contributed by atoms with Crippen LogP contribution in [0.25, 0.3) is 0 Å². The SMILES string of the molecule is COc1cc(CSCC(=O)N[C@@H]2CCCC[C@@H]2C)c(OC)cc1Br. The Hall–Kier alpha value is -0.880. The van der Waals surface area contributed by atoms with E-state index in [-0.39, 0.29) is 5.91 Å². The topological polar surface area (TPSA) is 47.6 Å². The minimum Gasteiger partial charge on any atom is -0.496 e. The van der Waals surface area contributed by atoms with E-state index in [0.29, 0.717) is 23.5 Å². The lowest BCUT2D eigenvalue weighted by Gasteiger charge is -2.29. The summed E-state index contributed by atoms with van der Waals surface area (Å²) < 4.78 is 11.6. The minimum atomic E-state index is 0.127. The van der Waals surface area contributed by atoms with Crippen LogP contribution in [0.2, 0.25) is 0 Å². The Labute approximate surface area is 157 Å². The highest BCUT2D eigenvalue weighted by atomic mass is 79.9. The van der Waals surface area contributed by atoms with Gasteiger partial charge in [0.15, 0.2) is 0 Å². The molecule has 1 amide bonds. The summed E-state index contributed by atoms with van der Waals surface area (Å²) in [5.41, 5.74) is 1.03. The number of carbonyl (C=O) groups excluding carboxylic acids is 1. The largest absolute Gasteiger partial charge is 0.496 e. The normalized spacial score (nSPS) is 20.5. The van der Waals surface area contributed by atoms with Gasteiger partial charge in [0.1, 0.15) is 11.5 Å². The number of halogens is 1. The van der Waals surface area contributed by atoms with E-state index in [9.17, 15) is 4.79 Å². The molecule has 1 aliphatic rings. The first-order valence-corrected chi connectivity index (χ1v) is 10.3. The molecule has 1 N–H and O–H groups in total. The van der Waals surface area contributed by atoms with Gasteiger partial charge >= 0.3 is 0 Å². The highest BCUT2D eigenvalue weighted by molar-refractivity contribution is 9.10. The zero-order chi connectivity index (χ0) is 17.5. The van der Waals surface area contributed by atoms with Gasteiger partial charge in [0.2, 0.25) is 5.91 Å². The van der Waals surface area contributed by atoms with Crippen LogP contribution in [-0.2, 0) is 10.5 Å². The van der Waals surface area contributed by atoms with Crippen LogP contribution < -0.4 is 14.8 Å². The molecule has 2 atom stereocenters. The van der Waals surface area contributed by atoms with Crippen molar-refractivity contribution in [3.63, 3.8) is 0 Å². The summed E-state index contributed by atoms with van der Waals surface area (Å²) >= 11 is 5.05. The maximum atomic E-state index is 12.2. The number of rotatable bonds is 7. The molecule has 0 aliphatic heterocycles. The molecular weight excluding hydrogens is 390 g/mol. The molecule has 6 heteroatoms. The summed E-state index contributed by atoms with van der Waals surface area (Å²) in [6, 6.07) is 4.20. The summed E-state index contributed by atoms with van der Waals surface area (Å²) in [7, 11) is 3.29. The van der Waals surface area contributed by atoms with Gasteiger partial charge in [-0.25, -0.2) is 0 Å². The predicted octanol–water partition coefficient (Wildman–Crippen LogP) is 4.39. The number of ether oxygens (including phenoxy) is 2. The van der Waals surface area contributed by atoms with E-state index in [1.54, 1.807) is 26.0 Å². The molecule has 0 saturated heterocycles. The molecule has 1 saturated carbocycles. The number of methoxy groups -OCH3 is 2. The van der Waals surface area contributed by atoms with E-state index in [0.717, 1.165) is 28.0 Å². The van der Waals surface area contributed by atoms with Gasteiger partial charge in [-0.15, -0.1) is 11.8 Å². The monoisotopic (exact) mass is 415 g/mol. The van der Waals surface area contributed by atoms with Crippen LogP contribution in [0.5, 0.6) is 11.5 Å². The molecule has 4 nitrogen and oxygen atoms in total. The maximum Gasteiger partial charge on any atom is 0.230 e. The first-order chi connectivity index (χ1) is 11.5. The van der Waals surface area contributed by atoms with Gasteiger partial charge in [-0.1, -0.05) is 19.8 Å². The lowest BCUT2D eigenvalue weighted by molar-refractivity contribution is -0.119. The highest BCUT2D eigenvalue weighted by Crippen LogP contribution is 2.34. The quantitative estimate of drug-likeness (QED) is 0.716. The second-order valence-corrected chi connectivity index (χ2v) is 8.07. The van der Waals surface area contributed by atoms with E-state index in [2.05, 4.69) is 28.2 Å². The Morgan fingerprint density at radius 1 is 1.25 bits per heavy atom. The van der Waals surface area contributed by atoms with Gasteiger partial charge in [-0.2, -0.15) is 0 Å². The number of benzene rings is 1. The van der Waals surface area contributed by atoms with Crippen LogP contribution in [0, 0.1) is 5.92 Å². The molecule has 0 heterocycles. The zero-order valence-electron chi connectivity index (χ0n) is 14.6. The predicted molar refractivity (Wildman–Crippen MR) is 103 cm³/mol. The Morgan fingerprint density at radius 2 is 1.96 bits per heavy atom. The van der Waals surface area contributed by atoms with E-state index >= 15 is 0 Å². The van der Waals surface area contributed by atoms with Crippen molar-refractivity contribution in [1.82, 2.24) is 5.32 Å². The Kier molecular flexibility index (Phi) is 7.75. The fourth-order valence-electron chi connectivity index (χ4n) is 3.07. The minimum absolute atomic E-state index is 0.127. The third-order valence-corrected chi connectivity index (χ3v) is 6.10. The Morgan fingerprint density at radius 3 is 2.62 bits per heavy atom. The Bertz CT molecular complexity index is 567. The van der Waals surface area contributed by atoms with E-state index in [4.69, 9.17) is 9.47 Å². The van der Waals surface area contributed by atoms with E-state index in [1.165, 1.54) is 19.3 Å². The summed E-state index contributed by atoms with van der Waals surface area (Å²) in [4.78, 5) is 12.2. The summed E-state index contributed by atoms with van der Waals surface area (Å²) in [6.45, 7) is 2.23. The highest BCUT2D eigenvalue weighted by Gasteiger charge is 2.22. The van der Waals surface area contributed by atoms with Crippen LogP contribution in [0.3, 0.4) is 0 Å². The lowest BCUT2D eigenvalue weighted by atomic mass is 9.86. The van der Waals surface area contributed by atoms with Gasteiger partial charge in [0.25, 0.3) is 0 Å². The summed E-state index contributed by atoms with van der Waals surface area (Å²) in [5.74, 6) is 3.46. The molecule has 24 heavy (non-hydrogen) atoms. The lowest BCUT2D eigenvalue weighted by Crippen LogP contribution is -2.41. The average Bonchev–Trinajstić information content (AvgIpc) is 2.57. The van der Waals surface area contributed by atoms with Crippen molar-refractivity contribution in [2.24, 2.45) is 5.92 Å². The van der Waals surface area contributed by atoms with Crippen molar-refractivity contribution < 1.29 is 14.3 Å². The molecule has 1 aromatic carbocycles.